The first-order valence-corrected chi connectivity index (χ1v) is 9.01. The predicted octanol–water partition coefficient (Wildman–Crippen LogP) is 2.41. The minimum atomic E-state index is 0.0188. The van der Waals surface area contributed by atoms with Gasteiger partial charge in [0.15, 0.2) is 11.5 Å². The van der Waals surface area contributed by atoms with Crippen LogP contribution in [0.1, 0.15) is 36.0 Å². The fourth-order valence-electron chi connectivity index (χ4n) is 3.95. The van der Waals surface area contributed by atoms with E-state index in [1.807, 2.05) is 4.90 Å². The number of methoxy groups -OCH3 is 3. The van der Waals surface area contributed by atoms with Crippen molar-refractivity contribution in [3.63, 3.8) is 0 Å². The van der Waals surface area contributed by atoms with Crippen molar-refractivity contribution in [3.8, 4) is 17.2 Å². The lowest BCUT2D eigenvalue weighted by Gasteiger charge is -2.38. The minimum Gasteiger partial charge on any atom is -0.493 e. The first kappa shape index (κ1) is 17.9. The number of benzene rings is 1. The molecule has 6 nitrogen and oxygen atoms in total. The van der Waals surface area contributed by atoms with Crippen molar-refractivity contribution < 1.29 is 19.0 Å². The molecule has 0 spiro atoms. The van der Waals surface area contributed by atoms with Gasteiger partial charge in [-0.05, 0) is 25.0 Å². The van der Waals surface area contributed by atoms with Gasteiger partial charge in [-0.2, -0.15) is 0 Å². The number of amides is 1. The van der Waals surface area contributed by atoms with Gasteiger partial charge in [-0.15, -0.1) is 0 Å². The molecule has 0 bridgehead atoms. The smallest absolute Gasteiger partial charge is 0.254 e. The molecule has 0 atom stereocenters. The number of carbonyl (C=O) groups excluding carboxylic acids is 1. The number of rotatable bonds is 5. The van der Waals surface area contributed by atoms with Crippen molar-refractivity contribution in [3.05, 3.63) is 17.7 Å². The van der Waals surface area contributed by atoms with Crippen LogP contribution in [-0.4, -0.2) is 69.3 Å². The number of carbonyl (C=O) groups is 1. The summed E-state index contributed by atoms with van der Waals surface area (Å²) in [5, 5.41) is 0. The largest absolute Gasteiger partial charge is 0.493 e. The second kappa shape index (κ2) is 7.95. The van der Waals surface area contributed by atoms with Crippen LogP contribution in [0.5, 0.6) is 17.2 Å². The van der Waals surface area contributed by atoms with Crippen molar-refractivity contribution >= 4 is 5.91 Å². The van der Waals surface area contributed by atoms with Gasteiger partial charge in [0.05, 0.1) is 21.3 Å². The van der Waals surface area contributed by atoms with E-state index in [0.717, 1.165) is 32.2 Å². The first-order chi connectivity index (χ1) is 12.2. The lowest BCUT2D eigenvalue weighted by Crippen LogP contribution is -2.51. The molecule has 1 saturated heterocycles. The molecule has 0 unspecified atom stereocenters. The summed E-state index contributed by atoms with van der Waals surface area (Å²) in [6, 6.07) is 4.18. The average Bonchev–Trinajstić information content (AvgIpc) is 3.21. The summed E-state index contributed by atoms with van der Waals surface area (Å²) < 4.78 is 16.0. The molecule has 138 valence electrons. The second-order valence-corrected chi connectivity index (χ2v) is 6.68. The fourth-order valence-corrected chi connectivity index (χ4v) is 3.95. The molecule has 1 heterocycles. The van der Waals surface area contributed by atoms with E-state index in [0.29, 0.717) is 22.8 Å². The topological polar surface area (TPSA) is 51.2 Å². The Balaban J connectivity index is 1.71. The molecule has 1 aliphatic heterocycles. The summed E-state index contributed by atoms with van der Waals surface area (Å²) in [6.07, 6.45) is 5.30. The van der Waals surface area contributed by atoms with Gasteiger partial charge in [0.25, 0.3) is 5.91 Å². The number of piperazine rings is 1. The number of ether oxygens (including phenoxy) is 3. The molecule has 3 rings (SSSR count). The van der Waals surface area contributed by atoms with Gasteiger partial charge in [0.2, 0.25) is 5.75 Å². The van der Waals surface area contributed by atoms with E-state index < -0.39 is 0 Å². The van der Waals surface area contributed by atoms with Crippen LogP contribution in [0.25, 0.3) is 0 Å². The number of hydrogen-bond acceptors (Lipinski definition) is 5. The number of nitrogens with zero attached hydrogens (tertiary/aromatic N) is 2. The normalized spacial score (nSPS) is 19.1. The monoisotopic (exact) mass is 348 g/mol. The van der Waals surface area contributed by atoms with Crippen molar-refractivity contribution in [2.75, 3.05) is 47.5 Å². The second-order valence-electron chi connectivity index (χ2n) is 6.68. The summed E-state index contributed by atoms with van der Waals surface area (Å²) in [4.78, 5) is 17.4. The maximum absolute atomic E-state index is 12.9. The van der Waals surface area contributed by atoms with Gasteiger partial charge in [-0.3, -0.25) is 9.69 Å². The third-order valence-corrected chi connectivity index (χ3v) is 5.35. The molecule has 1 saturated carbocycles. The molecule has 1 aromatic carbocycles. The molecule has 2 fully saturated rings. The lowest BCUT2D eigenvalue weighted by molar-refractivity contribution is 0.0572. The highest BCUT2D eigenvalue weighted by atomic mass is 16.5. The first-order valence-electron chi connectivity index (χ1n) is 9.01. The van der Waals surface area contributed by atoms with Crippen molar-refractivity contribution in [1.29, 1.82) is 0 Å². The van der Waals surface area contributed by atoms with Crippen LogP contribution in [0.4, 0.5) is 0 Å². The van der Waals surface area contributed by atoms with Crippen LogP contribution in [-0.2, 0) is 0 Å². The summed E-state index contributed by atoms with van der Waals surface area (Å²) >= 11 is 0. The van der Waals surface area contributed by atoms with E-state index in [9.17, 15) is 4.79 Å². The Bertz CT molecular complexity index is 580. The third-order valence-electron chi connectivity index (χ3n) is 5.35. The highest BCUT2D eigenvalue weighted by molar-refractivity contribution is 5.95. The Labute approximate surface area is 149 Å². The van der Waals surface area contributed by atoms with Crippen LogP contribution >= 0.6 is 0 Å². The Morgan fingerprint density at radius 2 is 1.48 bits per heavy atom. The number of hydrogen-bond donors (Lipinski definition) is 0. The quantitative estimate of drug-likeness (QED) is 0.818. The van der Waals surface area contributed by atoms with Gasteiger partial charge in [0, 0.05) is 37.8 Å². The van der Waals surface area contributed by atoms with E-state index in [4.69, 9.17) is 14.2 Å². The van der Waals surface area contributed by atoms with E-state index in [-0.39, 0.29) is 5.91 Å². The Morgan fingerprint density at radius 1 is 0.920 bits per heavy atom. The zero-order valence-electron chi connectivity index (χ0n) is 15.4. The summed E-state index contributed by atoms with van der Waals surface area (Å²) in [7, 11) is 4.68. The predicted molar refractivity (Wildman–Crippen MR) is 95.8 cm³/mol. The zero-order chi connectivity index (χ0) is 17.8. The molecule has 0 N–H and O–H groups in total. The van der Waals surface area contributed by atoms with E-state index >= 15 is 0 Å². The van der Waals surface area contributed by atoms with Crippen LogP contribution in [0.3, 0.4) is 0 Å². The van der Waals surface area contributed by atoms with Crippen LogP contribution < -0.4 is 14.2 Å². The zero-order valence-corrected chi connectivity index (χ0v) is 15.4. The van der Waals surface area contributed by atoms with E-state index in [1.165, 1.54) is 25.7 Å². The maximum atomic E-state index is 12.9. The Morgan fingerprint density at radius 3 is 1.96 bits per heavy atom. The molecule has 0 radical (unpaired) electrons. The molecule has 6 heteroatoms. The van der Waals surface area contributed by atoms with Crippen molar-refractivity contribution in [2.24, 2.45) is 0 Å². The molecule has 1 amide bonds. The fraction of sp³-hybridized carbons (Fsp3) is 0.632. The van der Waals surface area contributed by atoms with Gasteiger partial charge in [-0.25, -0.2) is 0 Å². The molecule has 25 heavy (non-hydrogen) atoms. The van der Waals surface area contributed by atoms with Gasteiger partial charge in [0.1, 0.15) is 0 Å². The van der Waals surface area contributed by atoms with E-state index in [2.05, 4.69) is 4.90 Å². The molecule has 1 aromatic rings. The average molecular weight is 348 g/mol. The van der Waals surface area contributed by atoms with Gasteiger partial charge < -0.3 is 19.1 Å². The SMILES string of the molecule is COc1cc(C(=O)N2CCN(C3CCCC3)CC2)cc(OC)c1OC. The summed E-state index contributed by atoms with van der Waals surface area (Å²) in [5.41, 5.74) is 0.573. The molecular weight excluding hydrogens is 320 g/mol. The van der Waals surface area contributed by atoms with E-state index in [1.54, 1.807) is 33.5 Å². The van der Waals surface area contributed by atoms with Gasteiger partial charge in [-0.1, -0.05) is 12.8 Å². The Hall–Kier alpha value is -1.95. The van der Waals surface area contributed by atoms with Crippen molar-refractivity contribution in [2.45, 2.75) is 31.7 Å². The highest BCUT2D eigenvalue weighted by Crippen LogP contribution is 2.38. The summed E-state index contributed by atoms with van der Waals surface area (Å²) in [6.45, 7) is 3.46. The molecule has 2 aliphatic rings. The highest BCUT2D eigenvalue weighted by Gasteiger charge is 2.29. The van der Waals surface area contributed by atoms with Crippen LogP contribution in [0, 0.1) is 0 Å². The lowest BCUT2D eigenvalue weighted by atomic mass is 10.1. The molecule has 0 aromatic heterocycles. The molecule has 1 aliphatic carbocycles. The van der Waals surface area contributed by atoms with Crippen molar-refractivity contribution in [1.82, 2.24) is 9.80 Å². The molecular formula is C19H28N2O4. The summed E-state index contributed by atoms with van der Waals surface area (Å²) in [5.74, 6) is 1.54. The third kappa shape index (κ3) is 3.68. The standard InChI is InChI=1S/C19H28N2O4/c1-23-16-12-14(13-17(24-2)18(16)25-3)19(22)21-10-8-20(9-11-21)15-6-4-5-7-15/h12-13,15H,4-11H2,1-3H3. The van der Waals surface area contributed by atoms with Crippen LogP contribution in [0.15, 0.2) is 12.1 Å². The van der Waals surface area contributed by atoms with Crippen LogP contribution in [0.2, 0.25) is 0 Å². The maximum Gasteiger partial charge on any atom is 0.254 e. The minimum absolute atomic E-state index is 0.0188. The van der Waals surface area contributed by atoms with Gasteiger partial charge >= 0.3 is 0 Å². The Kier molecular flexibility index (Phi) is 5.68.